The summed E-state index contributed by atoms with van der Waals surface area (Å²) < 4.78 is 1.03. The minimum absolute atomic E-state index is 0.0931. The van der Waals surface area contributed by atoms with Crippen LogP contribution >= 0.6 is 15.9 Å². The van der Waals surface area contributed by atoms with Gasteiger partial charge in [-0.2, -0.15) is 5.10 Å². The third-order valence-corrected chi connectivity index (χ3v) is 1.87. The molecule has 1 aromatic rings. The first-order chi connectivity index (χ1) is 6.33. The van der Waals surface area contributed by atoms with Crippen LogP contribution in [0.15, 0.2) is 33.8 Å². The van der Waals surface area contributed by atoms with E-state index in [1.807, 2.05) is 24.3 Å². The normalized spacial score (nSPS) is 10.6. The molecule has 0 aliphatic heterocycles. The van der Waals surface area contributed by atoms with Crippen LogP contribution in [0.5, 0.6) is 0 Å². The van der Waals surface area contributed by atoms with Crippen molar-refractivity contribution in [3.05, 3.63) is 34.3 Å². The lowest BCUT2D eigenvalue weighted by Crippen LogP contribution is -2.11. The highest BCUT2D eigenvalue weighted by Gasteiger charge is 1.88. The molecule has 1 aromatic carbocycles. The van der Waals surface area contributed by atoms with Gasteiger partial charge >= 0.3 is 0 Å². The van der Waals surface area contributed by atoms with E-state index in [1.54, 1.807) is 6.21 Å². The highest BCUT2D eigenvalue weighted by atomic mass is 79.9. The van der Waals surface area contributed by atoms with Crippen LogP contribution < -0.4 is 5.43 Å². The first-order valence-corrected chi connectivity index (χ1v) is 4.74. The van der Waals surface area contributed by atoms with Crippen molar-refractivity contribution >= 4 is 22.1 Å². The lowest BCUT2D eigenvalue weighted by molar-refractivity contribution is 0.294. The van der Waals surface area contributed by atoms with Crippen molar-refractivity contribution in [2.24, 2.45) is 5.10 Å². The van der Waals surface area contributed by atoms with E-state index >= 15 is 0 Å². The summed E-state index contributed by atoms with van der Waals surface area (Å²) in [7, 11) is 0. The summed E-state index contributed by atoms with van der Waals surface area (Å²) in [6.07, 6.45) is 1.71. The van der Waals surface area contributed by atoms with E-state index in [1.165, 1.54) is 0 Å². The molecule has 0 aliphatic carbocycles. The smallest absolute Gasteiger partial charge is 0.0620 e. The Labute approximate surface area is 85.6 Å². The van der Waals surface area contributed by atoms with Gasteiger partial charge in [-0.05, 0) is 17.7 Å². The van der Waals surface area contributed by atoms with Crippen molar-refractivity contribution in [1.29, 1.82) is 0 Å². The molecule has 3 nitrogen and oxygen atoms in total. The molecular formula is C9H11BrN2O. The molecule has 0 saturated carbocycles. The largest absolute Gasteiger partial charge is 0.394 e. The standard InChI is InChI=1S/C9H11BrN2O/c10-9-3-1-2-8(6-9)7-12-11-4-5-13/h1-3,6-7,11,13H,4-5H2/b12-7-. The lowest BCUT2D eigenvalue weighted by atomic mass is 10.2. The maximum absolute atomic E-state index is 8.46. The highest BCUT2D eigenvalue weighted by Crippen LogP contribution is 2.09. The molecule has 0 amide bonds. The average Bonchev–Trinajstić information content (AvgIpc) is 2.13. The van der Waals surface area contributed by atoms with Gasteiger partial charge in [-0.1, -0.05) is 28.1 Å². The number of nitrogens with one attached hydrogen (secondary N) is 1. The van der Waals surface area contributed by atoms with Crippen LogP contribution in [-0.2, 0) is 0 Å². The number of hydrogen-bond acceptors (Lipinski definition) is 3. The average molecular weight is 243 g/mol. The van der Waals surface area contributed by atoms with E-state index < -0.39 is 0 Å². The Morgan fingerprint density at radius 1 is 1.54 bits per heavy atom. The second-order valence-electron chi connectivity index (χ2n) is 2.44. The van der Waals surface area contributed by atoms with Crippen LogP contribution in [-0.4, -0.2) is 24.5 Å². The Kier molecular flexibility index (Phi) is 4.49. The van der Waals surface area contributed by atoms with Crippen molar-refractivity contribution in [2.45, 2.75) is 0 Å². The van der Waals surface area contributed by atoms with Gasteiger partial charge < -0.3 is 10.5 Å². The molecule has 0 radical (unpaired) electrons. The molecule has 0 bridgehead atoms. The Morgan fingerprint density at radius 2 is 2.38 bits per heavy atom. The Bertz CT molecular complexity index is 289. The van der Waals surface area contributed by atoms with Crippen LogP contribution in [0.4, 0.5) is 0 Å². The summed E-state index contributed by atoms with van der Waals surface area (Å²) in [5.41, 5.74) is 3.72. The molecule has 0 unspecified atom stereocenters. The van der Waals surface area contributed by atoms with Crippen molar-refractivity contribution in [1.82, 2.24) is 5.43 Å². The number of nitrogens with zero attached hydrogens (tertiary/aromatic N) is 1. The number of aliphatic hydroxyl groups excluding tert-OH is 1. The van der Waals surface area contributed by atoms with Crippen molar-refractivity contribution < 1.29 is 5.11 Å². The van der Waals surface area contributed by atoms with Crippen LogP contribution in [0.25, 0.3) is 0 Å². The maximum atomic E-state index is 8.46. The Balaban J connectivity index is 2.48. The monoisotopic (exact) mass is 242 g/mol. The van der Waals surface area contributed by atoms with Gasteiger partial charge in [0.15, 0.2) is 0 Å². The number of rotatable bonds is 4. The van der Waals surface area contributed by atoms with Crippen LogP contribution in [0.1, 0.15) is 5.56 Å². The zero-order valence-corrected chi connectivity index (χ0v) is 8.66. The summed E-state index contributed by atoms with van der Waals surface area (Å²) in [6, 6.07) is 7.81. The summed E-state index contributed by atoms with van der Waals surface area (Å²) >= 11 is 3.36. The fraction of sp³-hybridized carbons (Fsp3) is 0.222. The molecule has 0 atom stereocenters. The third-order valence-electron chi connectivity index (χ3n) is 1.38. The summed E-state index contributed by atoms with van der Waals surface area (Å²) in [4.78, 5) is 0. The molecule has 0 saturated heterocycles. The SMILES string of the molecule is OCCN/N=C\c1cccc(Br)c1. The van der Waals surface area contributed by atoms with Gasteiger partial charge in [-0.15, -0.1) is 0 Å². The van der Waals surface area contributed by atoms with Gasteiger partial charge in [0.2, 0.25) is 0 Å². The second-order valence-corrected chi connectivity index (χ2v) is 3.36. The quantitative estimate of drug-likeness (QED) is 0.476. The molecule has 1 rings (SSSR count). The number of hydrogen-bond donors (Lipinski definition) is 2. The minimum atomic E-state index is 0.0931. The molecule has 0 fully saturated rings. The zero-order valence-electron chi connectivity index (χ0n) is 7.07. The van der Waals surface area contributed by atoms with Gasteiger partial charge in [0, 0.05) is 4.47 Å². The van der Waals surface area contributed by atoms with Crippen LogP contribution in [0.2, 0.25) is 0 Å². The van der Waals surface area contributed by atoms with Gasteiger partial charge in [0.25, 0.3) is 0 Å². The van der Waals surface area contributed by atoms with Gasteiger partial charge in [0.05, 0.1) is 19.4 Å². The molecule has 2 N–H and O–H groups in total. The Hall–Kier alpha value is -0.870. The molecule has 70 valence electrons. The molecule has 0 spiro atoms. The van der Waals surface area contributed by atoms with Gasteiger partial charge in [0.1, 0.15) is 0 Å². The van der Waals surface area contributed by atoms with E-state index in [4.69, 9.17) is 5.11 Å². The van der Waals surface area contributed by atoms with Crippen molar-refractivity contribution in [3.8, 4) is 0 Å². The topological polar surface area (TPSA) is 44.6 Å². The molecule has 0 aliphatic rings. The first kappa shape index (κ1) is 10.2. The fourth-order valence-corrected chi connectivity index (χ4v) is 1.24. The minimum Gasteiger partial charge on any atom is -0.394 e. The molecular weight excluding hydrogens is 232 g/mol. The fourth-order valence-electron chi connectivity index (χ4n) is 0.822. The molecule has 4 heteroatoms. The Morgan fingerprint density at radius 3 is 3.08 bits per heavy atom. The number of aliphatic hydroxyl groups is 1. The summed E-state index contributed by atoms with van der Waals surface area (Å²) in [5, 5.41) is 12.4. The predicted molar refractivity (Wildman–Crippen MR) is 56.8 cm³/mol. The maximum Gasteiger partial charge on any atom is 0.0620 e. The van der Waals surface area contributed by atoms with E-state index in [9.17, 15) is 0 Å². The van der Waals surface area contributed by atoms with E-state index in [2.05, 4.69) is 26.5 Å². The first-order valence-electron chi connectivity index (χ1n) is 3.95. The van der Waals surface area contributed by atoms with Crippen molar-refractivity contribution in [2.75, 3.05) is 13.2 Å². The van der Waals surface area contributed by atoms with Crippen LogP contribution in [0, 0.1) is 0 Å². The second kappa shape index (κ2) is 5.72. The number of halogens is 1. The van der Waals surface area contributed by atoms with Crippen LogP contribution in [0.3, 0.4) is 0 Å². The predicted octanol–water partition coefficient (Wildman–Crippen LogP) is 1.36. The van der Waals surface area contributed by atoms with E-state index in [-0.39, 0.29) is 6.61 Å². The number of benzene rings is 1. The molecule has 0 aromatic heterocycles. The summed E-state index contributed by atoms with van der Waals surface area (Å²) in [6.45, 7) is 0.570. The number of hydrazone groups is 1. The molecule has 0 heterocycles. The van der Waals surface area contributed by atoms with E-state index in [0.29, 0.717) is 6.54 Å². The third kappa shape index (κ3) is 4.05. The van der Waals surface area contributed by atoms with Gasteiger partial charge in [-0.25, -0.2) is 0 Å². The van der Waals surface area contributed by atoms with E-state index in [0.717, 1.165) is 10.0 Å². The van der Waals surface area contributed by atoms with Crippen molar-refractivity contribution in [3.63, 3.8) is 0 Å². The van der Waals surface area contributed by atoms with Gasteiger partial charge in [-0.3, -0.25) is 0 Å². The lowest BCUT2D eigenvalue weighted by Gasteiger charge is -1.95. The molecule has 13 heavy (non-hydrogen) atoms. The summed E-state index contributed by atoms with van der Waals surface area (Å²) in [5.74, 6) is 0. The zero-order chi connectivity index (χ0) is 9.52. The highest BCUT2D eigenvalue weighted by molar-refractivity contribution is 9.10.